The summed E-state index contributed by atoms with van der Waals surface area (Å²) in [5.74, 6) is -0.380. The van der Waals surface area contributed by atoms with Gasteiger partial charge in [-0.05, 0) is 17.6 Å². The maximum absolute atomic E-state index is 11.9. The Morgan fingerprint density at radius 3 is 2.80 bits per heavy atom. The van der Waals surface area contributed by atoms with Crippen LogP contribution in [0.25, 0.3) is 5.57 Å². The molecule has 3 nitrogen and oxygen atoms in total. The van der Waals surface area contributed by atoms with Crippen LogP contribution in [0.15, 0.2) is 36.4 Å². The molecule has 2 bridgehead atoms. The van der Waals surface area contributed by atoms with Crippen LogP contribution in [-0.4, -0.2) is 24.8 Å². The average molecular weight is 272 g/mol. The van der Waals surface area contributed by atoms with Crippen LogP contribution in [0.3, 0.4) is 0 Å². The first kappa shape index (κ1) is 13.4. The first-order chi connectivity index (χ1) is 9.79. The van der Waals surface area contributed by atoms with Crippen LogP contribution in [0.4, 0.5) is 0 Å². The fraction of sp³-hybridized carbons (Fsp3) is 0.471. The van der Waals surface area contributed by atoms with E-state index in [-0.39, 0.29) is 24.1 Å². The topological polar surface area (TPSA) is 35.5 Å². The number of hydrogen-bond acceptors (Lipinski definition) is 3. The van der Waals surface area contributed by atoms with E-state index < -0.39 is 0 Å². The maximum atomic E-state index is 11.9. The molecule has 3 aliphatic rings. The van der Waals surface area contributed by atoms with E-state index in [9.17, 15) is 4.79 Å². The molecule has 20 heavy (non-hydrogen) atoms. The molecule has 0 amide bonds. The molecule has 106 valence electrons. The summed E-state index contributed by atoms with van der Waals surface area (Å²) < 4.78 is 11.4. The molecule has 1 saturated heterocycles. The fourth-order valence-corrected chi connectivity index (χ4v) is 2.91. The molecule has 4 rings (SSSR count). The van der Waals surface area contributed by atoms with Crippen molar-refractivity contribution in [2.75, 3.05) is 6.61 Å². The van der Waals surface area contributed by atoms with E-state index in [0.717, 1.165) is 37.0 Å². The van der Waals surface area contributed by atoms with Gasteiger partial charge >= 0.3 is 5.97 Å². The number of benzene rings is 1. The fourth-order valence-electron chi connectivity index (χ4n) is 2.91. The maximum Gasteiger partial charge on any atom is 0.316 e. The Labute approximate surface area is 119 Å². The van der Waals surface area contributed by atoms with Crippen molar-refractivity contribution >= 4 is 11.5 Å². The number of esters is 1. The van der Waals surface area contributed by atoms with Gasteiger partial charge < -0.3 is 9.47 Å². The number of hydrogen-bond donors (Lipinski definition) is 0. The van der Waals surface area contributed by atoms with Gasteiger partial charge in [0.15, 0.2) is 0 Å². The summed E-state index contributed by atoms with van der Waals surface area (Å²) in [6, 6.07) is 10.1. The number of unbranched alkanes of at least 4 members (excludes halogenated alkanes) is 1. The largest absolute Gasteiger partial charge is 0.457 e. The molecule has 1 fully saturated rings. The third kappa shape index (κ3) is 2.50. The second-order valence-electron chi connectivity index (χ2n) is 5.44. The number of fused-ring (bicyclic) bond motifs is 2. The normalized spacial score (nSPS) is 28.1. The smallest absolute Gasteiger partial charge is 0.316 e. The Balaban J connectivity index is 1.78. The Bertz CT molecular complexity index is 506. The molecular formula is C17H20O3. The molecule has 2 aliphatic heterocycles. The Kier molecular flexibility index (Phi) is 3.88. The molecule has 3 atom stereocenters. The molecule has 0 saturated carbocycles. The van der Waals surface area contributed by atoms with E-state index >= 15 is 0 Å². The monoisotopic (exact) mass is 272 g/mol. The zero-order chi connectivity index (χ0) is 13.9. The number of ether oxygens (including phenoxy) is 2. The van der Waals surface area contributed by atoms with Crippen molar-refractivity contribution in [3.05, 3.63) is 42.0 Å². The van der Waals surface area contributed by atoms with Crippen molar-refractivity contribution in [1.82, 2.24) is 0 Å². The zero-order valence-corrected chi connectivity index (χ0v) is 11.7. The van der Waals surface area contributed by atoms with E-state index in [0.29, 0.717) is 0 Å². The lowest BCUT2D eigenvalue weighted by Gasteiger charge is -2.40. The molecular weight excluding hydrogens is 252 g/mol. The highest BCUT2D eigenvalue weighted by atomic mass is 16.6. The van der Waals surface area contributed by atoms with E-state index in [1.807, 2.05) is 24.3 Å². The summed E-state index contributed by atoms with van der Waals surface area (Å²) in [4.78, 5) is 11.9. The molecule has 3 heteroatoms. The first-order valence-corrected chi connectivity index (χ1v) is 7.39. The van der Waals surface area contributed by atoms with Crippen molar-refractivity contribution in [3.63, 3.8) is 0 Å². The molecule has 0 aromatic heterocycles. The van der Waals surface area contributed by atoms with Crippen molar-refractivity contribution in [1.29, 1.82) is 0 Å². The summed E-state index contributed by atoms with van der Waals surface area (Å²) in [6.45, 7) is 2.87. The van der Waals surface area contributed by atoms with Crippen molar-refractivity contribution < 1.29 is 14.3 Å². The van der Waals surface area contributed by atoms with Gasteiger partial charge in [-0.1, -0.05) is 49.8 Å². The lowest BCUT2D eigenvalue weighted by atomic mass is 9.80. The van der Waals surface area contributed by atoms with Crippen LogP contribution >= 0.6 is 0 Å². The Morgan fingerprint density at radius 1 is 1.30 bits per heavy atom. The van der Waals surface area contributed by atoms with Crippen LogP contribution in [0.1, 0.15) is 31.7 Å². The number of carbonyl (C=O) groups excluding carboxylic acids is 1. The quantitative estimate of drug-likeness (QED) is 0.610. The van der Waals surface area contributed by atoms with E-state index in [4.69, 9.17) is 9.47 Å². The van der Waals surface area contributed by atoms with Gasteiger partial charge in [0.2, 0.25) is 0 Å². The molecule has 1 aromatic rings. The summed E-state index contributed by atoms with van der Waals surface area (Å²) in [7, 11) is 0. The van der Waals surface area contributed by atoms with Gasteiger partial charge in [-0.2, -0.15) is 0 Å². The summed E-state index contributed by atoms with van der Waals surface area (Å²) in [6.07, 6.45) is 4.81. The van der Waals surface area contributed by atoms with Crippen LogP contribution in [0, 0.1) is 5.92 Å². The van der Waals surface area contributed by atoms with Gasteiger partial charge in [-0.3, -0.25) is 4.79 Å². The Morgan fingerprint density at radius 2 is 2.10 bits per heavy atom. The van der Waals surface area contributed by atoms with Gasteiger partial charge in [-0.15, -0.1) is 0 Å². The lowest BCUT2D eigenvalue weighted by molar-refractivity contribution is -0.167. The van der Waals surface area contributed by atoms with Gasteiger partial charge in [0.1, 0.15) is 12.0 Å². The molecule has 1 aliphatic carbocycles. The van der Waals surface area contributed by atoms with Crippen molar-refractivity contribution in [2.45, 2.75) is 38.4 Å². The summed E-state index contributed by atoms with van der Waals surface area (Å²) in [5, 5.41) is 0. The predicted molar refractivity (Wildman–Crippen MR) is 77.1 cm³/mol. The van der Waals surface area contributed by atoms with Crippen LogP contribution in [-0.2, 0) is 14.3 Å². The predicted octanol–water partition coefficient (Wildman–Crippen LogP) is 3.20. The SMILES string of the molecule is CCCCO[C@H]1C[C@@H]2OC(=O)[C@H]1C=C2c1ccccc1. The van der Waals surface area contributed by atoms with Crippen molar-refractivity contribution in [2.24, 2.45) is 5.92 Å². The first-order valence-electron chi connectivity index (χ1n) is 7.39. The highest BCUT2D eigenvalue weighted by molar-refractivity contribution is 5.86. The standard InChI is InChI=1S/C17H20O3/c1-2-3-9-19-15-11-16-13(10-14(15)17(18)20-16)12-7-5-4-6-8-12/h4-8,10,14-16H,2-3,9,11H2,1H3/t14-,15-,16-/m0/s1. The molecule has 1 aromatic carbocycles. The number of carbonyl (C=O) groups is 1. The molecule has 0 unspecified atom stereocenters. The highest BCUT2D eigenvalue weighted by Gasteiger charge is 2.44. The molecule has 0 N–H and O–H groups in total. The van der Waals surface area contributed by atoms with Crippen LogP contribution in [0.2, 0.25) is 0 Å². The van der Waals surface area contributed by atoms with E-state index in [1.165, 1.54) is 0 Å². The second kappa shape index (κ2) is 5.80. The number of rotatable bonds is 5. The van der Waals surface area contributed by atoms with Crippen LogP contribution in [0.5, 0.6) is 0 Å². The van der Waals surface area contributed by atoms with E-state index in [1.54, 1.807) is 0 Å². The summed E-state index contributed by atoms with van der Waals surface area (Å²) >= 11 is 0. The molecule has 0 radical (unpaired) electrons. The lowest BCUT2D eigenvalue weighted by Crippen LogP contribution is -2.46. The minimum Gasteiger partial charge on any atom is -0.457 e. The van der Waals surface area contributed by atoms with Crippen molar-refractivity contribution in [3.8, 4) is 0 Å². The van der Waals surface area contributed by atoms with Gasteiger partial charge in [0, 0.05) is 13.0 Å². The molecule has 2 heterocycles. The third-order valence-electron chi connectivity index (χ3n) is 4.02. The molecule has 0 spiro atoms. The zero-order valence-electron chi connectivity index (χ0n) is 11.7. The minimum atomic E-state index is -0.243. The summed E-state index contributed by atoms with van der Waals surface area (Å²) in [5.41, 5.74) is 2.27. The van der Waals surface area contributed by atoms with Crippen LogP contribution < -0.4 is 0 Å². The van der Waals surface area contributed by atoms with Gasteiger partial charge in [0.25, 0.3) is 0 Å². The van der Waals surface area contributed by atoms with Gasteiger partial charge in [-0.25, -0.2) is 0 Å². The third-order valence-corrected chi connectivity index (χ3v) is 4.02. The highest BCUT2D eigenvalue weighted by Crippen LogP contribution is 2.39. The minimum absolute atomic E-state index is 0.0136. The average Bonchev–Trinajstić information content (AvgIpc) is 2.48. The van der Waals surface area contributed by atoms with Gasteiger partial charge in [0.05, 0.1) is 6.10 Å². The van der Waals surface area contributed by atoms with E-state index in [2.05, 4.69) is 19.1 Å². The Hall–Kier alpha value is -1.61. The second-order valence-corrected chi connectivity index (χ2v) is 5.44.